The Balaban J connectivity index is 1.15. The van der Waals surface area contributed by atoms with Crippen molar-refractivity contribution in [3.05, 3.63) is 112 Å². The first-order chi connectivity index (χ1) is 17.5. The number of fused-ring (bicyclic) bond motifs is 2. The molecule has 178 valence electrons. The van der Waals surface area contributed by atoms with Gasteiger partial charge in [0, 0.05) is 31.4 Å². The van der Waals surface area contributed by atoms with Gasteiger partial charge in [0.15, 0.2) is 11.5 Å². The molecule has 6 nitrogen and oxygen atoms in total. The molecule has 6 heteroatoms. The average molecular weight is 476 g/mol. The van der Waals surface area contributed by atoms with E-state index in [4.69, 9.17) is 0 Å². The predicted molar refractivity (Wildman–Crippen MR) is 141 cm³/mol. The Hall–Kier alpha value is -4.42. The third-order valence-corrected chi connectivity index (χ3v) is 6.89. The van der Waals surface area contributed by atoms with Crippen molar-refractivity contribution in [3.63, 3.8) is 0 Å². The molecule has 6 rings (SSSR count). The number of H-pyrrole nitrogens is 1. The van der Waals surface area contributed by atoms with E-state index in [-0.39, 0.29) is 17.1 Å². The first-order valence-electron chi connectivity index (χ1n) is 12.0. The minimum Gasteiger partial charge on any atom is -0.504 e. The summed E-state index contributed by atoms with van der Waals surface area (Å²) in [5.41, 5.74) is 8.07. The number of aromatic hydroxyl groups is 2. The lowest BCUT2D eigenvalue weighted by Gasteiger charge is -2.29. The summed E-state index contributed by atoms with van der Waals surface area (Å²) >= 11 is 0. The van der Waals surface area contributed by atoms with Gasteiger partial charge in [-0.2, -0.15) is 0 Å². The monoisotopic (exact) mass is 475 g/mol. The molecule has 0 amide bonds. The van der Waals surface area contributed by atoms with Crippen molar-refractivity contribution >= 4 is 10.9 Å². The van der Waals surface area contributed by atoms with Gasteiger partial charge in [-0.3, -0.25) is 9.69 Å². The van der Waals surface area contributed by atoms with Crippen LogP contribution >= 0.6 is 0 Å². The highest BCUT2D eigenvalue weighted by molar-refractivity contribution is 5.80. The van der Waals surface area contributed by atoms with Gasteiger partial charge in [0.25, 0.3) is 5.56 Å². The lowest BCUT2D eigenvalue weighted by atomic mass is 9.98. The number of benzene rings is 3. The normalized spacial score (nSPS) is 13.6. The van der Waals surface area contributed by atoms with Gasteiger partial charge in [-0.05, 0) is 64.6 Å². The summed E-state index contributed by atoms with van der Waals surface area (Å²) < 4.78 is 0. The zero-order valence-corrected chi connectivity index (χ0v) is 19.6. The van der Waals surface area contributed by atoms with E-state index in [0.717, 1.165) is 59.6 Å². The van der Waals surface area contributed by atoms with Crippen LogP contribution in [0.5, 0.6) is 11.5 Å². The fourth-order valence-electron chi connectivity index (χ4n) is 4.90. The van der Waals surface area contributed by atoms with Crippen molar-refractivity contribution < 1.29 is 10.2 Å². The van der Waals surface area contributed by atoms with E-state index < -0.39 is 0 Å². The number of hydrogen-bond acceptors (Lipinski definition) is 5. The van der Waals surface area contributed by atoms with Crippen molar-refractivity contribution in [3.8, 4) is 33.9 Å². The standard InChI is InChI=1S/C30H25N3O3/c34-28-15-23-12-14-33(18-24(23)16-29(28)35)17-19-1-3-20(4-2-19)21-5-7-22(8-6-21)26-10-9-25-27(32-26)11-13-31-30(25)36/h1-11,13,15-16,34-35H,12,14,17-18H2,(H,31,36). The molecule has 0 unspecified atom stereocenters. The minimum absolute atomic E-state index is 0.0454. The van der Waals surface area contributed by atoms with Gasteiger partial charge in [0.05, 0.1) is 16.6 Å². The van der Waals surface area contributed by atoms with Gasteiger partial charge in [-0.25, -0.2) is 4.98 Å². The van der Waals surface area contributed by atoms with Gasteiger partial charge in [0.2, 0.25) is 0 Å². The average Bonchev–Trinajstić information content (AvgIpc) is 2.90. The molecule has 5 aromatic rings. The number of phenols is 2. The molecule has 0 radical (unpaired) electrons. The third-order valence-electron chi connectivity index (χ3n) is 6.89. The zero-order valence-electron chi connectivity index (χ0n) is 19.6. The van der Waals surface area contributed by atoms with E-state index in [1.54, 1.807) is 18.3 Å². The van der Waals surface area contributed by atoms with Crippen molar-refractivity contribution in [1.29, 1.82) is 0 Å². The second-order valence-corrected chi connectivity index (χ2v) is 9.28. The maximum atomic E-state index is 11.9. The Morgan fingerprint density at radius 2 is 1.47 bits per heavy atom. The number of rotatable bonds is 4. The Kier molecular flexibility index (Phi) is 5.51. The van der Waals surface area contributed by atoms with Gasteiger partial charge in [-0.15, -0.1) is 0 Å². The zero-order chi connectivity index (χ0) is 24.6. The van der Waals surface area contributed by atoms with Crippen molar-refractivity contribution in [2.45, 2.75) is 19.5 Å². The van der Waals surface area contributed by atoms with Crippen LogP contribution in [0.15, 0.2) is 89.9 Å². The summed E-state index contributed by atoms with van der Waals surface area (Å²) in [5, 5.41) is 20.2. The quantitative estimate of drug-likeness (QED) is 0.310. The van der Waals surface area contributed by atoms with Crippen LogP contribution in [0.4, 0.5) is 0 Å². The topological polar surface area (TPSA) is 89.5 Å². The Bertz CT molecular complexity index is 1620. The summed E-state index contributed by atoms with van der Waals surface area (Å²) in [6.07, 6.45) is 2.48. The highest BCUT2D eigenvalue weighted by Gasteiger charge is 2.18. The van der Waals surface area contributed by atoms with E-state index in [2.05, 4.69) is 63.4 Å². The molecule has 0 fully saturated rings. The fraction of sp³-hybridized carbons (Fsp3) is 0.133. The molecule has 0 aliphatic carbocycles. The molecule has 0 saturated heterocycles. The number of aromatic amines is 1. The number of pyridine rings is 2. The van der Waals surface area contributed by atoms with Crippen LogP contribution in [0.3, 0.4) is 0 Å². The molecule has 0 bridgehead atoms. The van der Waals surface area contributed by atoms with Crippen LogP contribution in [-0.4, -0.2) is 31.6 Å². The summed E-state index contributed by atoms with van der Waals surface area (Å²) in [6.45, 7) is 2.50. The van der Waals surface area contributed by atoms with Crippen LogP contribution in [0.1, 0.15) is 16.7 Å². The van der Waals surface area contributed by atoms with Crippen molar-refractivity contribution in [2.24, 2.45) is 0 Å². The van der Waals surface area contributed by atoms with Gasteiger partial charge in [0.1, 0.15) is 0 Å². The second kappa shape index (κ2) is 8.98. The molecule has 1 aliphatic heterocycles. The fourth-order valence-corrected chi connectivity index (χ4v) is 4.90. The van der Waals surface area contributed by atoms with Crippen LogP contribution in [0.2, 0.25) is 0 Å². The first kappa shape index (κ1) is 22.1. The molecular weight excluding hydrogens is 450 g/mol. The number of aromatic nitrogens is 2. The molecule has 36 heavy (non-hydrogen) atoms. The Morgan fingerprint density at radius 1 is 0.806 bits per heavy atom. The SMILES string of the molecule is O=c1[nH]ccc2nc(-c3ccc(-c4ccc(CN5CCc6cc(O)c(O)cc6C5)cc4)cc3)ccc12. The summed E-state index contributed by atoms with van der Waals surface area (Å²) in [5.74, 6) is -0.103. The number of hydrogen-bond donors (Lipinski definition) is 3. The van der Waals surface area contributed by atoms with E-state index in [9.17, 15) is 15.0 Å². The largest absolute Gasteiger partial charge is 0.504 e. The van der Waals surface area contributed by atoms with Gasteiger partial charge in [-0.1, -0.05) is 48.5 Å². The molecule has 3 N–H and O–H groups in total. The van der Waals surface area contributed by atoms with Gasteiger partial charge >= 0.3 is 0 Å². The maximum absolute atomic E-state index is 11.9. The van der Waals surface area contributed by atoms with E-state index in [1.807, 2.05) is 18.2 Å². The lowest BCUT2D eigenvalue weighted by molar-refractivity contribution is 0.244. The van der Waals surface area contributed by atoms with Crippen molar-refractivity contribution in [2.75, 3.05) is 6.54 Å². The van der Waals surface area contributed by atoms with E-state index in [0.29, 0.717) is 10.9 Å². The molecule has 0 atom stereocenters. The summed E-state index contributed by atoms with van der Waals surface area (Å²) in [7, 11) is 0. The van der Waals surface area contributed by atoms with Crippen LogP contribution in [0.25, 0.3) is 33.3 Å². The van der Waals surface area contributed by atoms with E-state index >= 15 is 0 Å². The molecule has 1 aliphatic rings. The molecule has 0 spiro atoms. The van der Waals surface area contributed by atoms with Gasteiger partial charge < -0.3 is 15.2 Å². The van der Waals surface area contributed by atoms with E-state index in [1.165, 1.54) is 5.56 Å². The molecule has 0 saturated carbocycles. The second-order valence-electron chi connectivity index (χ2n) is 9.28. The first-order valence-corrected chi connectivity index (χ1v) is 12.0. The lowest BCUT2D eigenvalue weighted by Crippen LogP contribution is -2.29. The molecule has 3 aromatic carbocycles. The predicted octanol–water partition coefficient (Wildman–Crippen LogP) is 5.23. The van der Waals surface area contributed by atoms with Crippen LogP contribution < -0.4 is 5.56 Å². The maximum Gasteiger partial charge on any atom is 0.257 e. The third kappa shape index (κ3) is 4.23. The highest BCUT2D eigenvalue weighted by Crippen LogP contribution is 2.32. The minimum atomic E-state index is -0.130. The smallest absolute Gasteiger partial charge is 0.257 e. The van der Waals surface area contributed by atoms with Crippen LogP contribution in [0, 0.1) is 0 Å². The number of nitrogens with zero attached hydrogens (tertiary/aromatic N) is 2. The summed E-state index contributed by atoms with van der Waals surface area (Å²) in [6, 6.07) is 25.8. The molecular formula is C30H25N3O3. The highest BCUT2D eigenvalue weighted by atomic mass is 16.3. The number of phenolic OH excluding ortho intramolecular Hbond substituents is 2. The number of nitrogens with one attached hydrogen (secondary N) is 1. The molecule has 3 heterocycles. The Labute approximate surface area is 208 Å². The molecule has 2 aromatic heterocycles. The summed E-state index contributed by atoms with van der Waals surface area (Å²) in [4.78, 5) is 21.6. The Morgan fingerprint density at radius 3 is 2.22 bits per heavy atom. The van der Waals surface area contributed by atoms with Crippen molar-refractivity contribution in [1.82, 2.24) is 14.9 Å². The van der Waals surface area contributed by atoms with Crippen LogP contribution in [-0.2, 0) is 19.5 Å².